The molecule has 2 rings (SSSR count). The Morgan fingerprint density at radius 3 is 2.41 bits per heavy atom. The average Bonchev–Trinajstić information content (AvgIpc) is 2.79. The molecule has 1 heterocycles. The van der Waals surface area contributed by atoms with Crippen molar-refractivity contribution in [3.63, 3.8) is 0 Å². The first-order valence-electron chi connectivity index (χ1n) is 6.67. The van der Waals surface area contributed by atoms with Gasteiger partial charge in [-0.2, -0.15) is 0 Å². The molecule has 2 aliphatic rings. The first kappa shape index (κ1) is 12.4. The highest BCUT2D eigenvalue weighted by Gasteiger charge is 2.31. The van der Waals surface area contributed by atoms with Crippen LogP contribution in [0.1, 0.15) is 44.9 Å². The van der Waals surface area contributed by atoms with Crippen LogP contribution in [0.5, 0.6) is 0 Å². The fourth-order valence-electron chi connectivity index (χ4n) is 2.96. The summed E-state index contributed by atoms with van der Waals surface area (Å²) in [6.45, 7) is 1.05. The number of hydrogen-bond donors (Lipinski definition) is 1. The highest BCUT2D eigenvalue weighted by Crippen LogP contribution is 2.28. The Morgan fingerprint density at radius 1 is 1.12 bits per heavy atom. The van der Waals surface area contributed by atoms with E-state index in [1.165, 1.54) is 32.1 Å². The normalized spacial score (nSPS) is 26.1. The first-order valence-corrected chi connectivity index (χ1v) is 6.67. The molecule has 0 aromatic rings. The summed E-state index contributed by atoms with van der Waals surface area (Å²) in [6.07, 6.45) is 7.38. The molecule has 0 unspecified atom stereocenters. The molecule has 17 heavy (non-hydrogen) atoms. The van der Waals surface area contributed by atoms with Crippen LogP contribution in [0.25, 0.3) is 0 Å². The molecule has 0 aromatic carbocycles. The van der Waals surface area contributed by atoms with E-state index in [4.69, 9.17) is 5.11 Å². The van der Waals surface area contributed by atoms with E-state index >= 15 is 0 Å². The zero-order valence-corrected chi connectivity index (χ0v) is 10.2. The Kier molecular flexibility index (Phi) is 4.02. The van der Waals surface area contributed by atoms with Crippen LogP contribution in [-0.4, -0.2) is 35.0 Å². The number of rotatable bonds is 3. The van der Waals surface area contributed by atoms with Gasteiger partial charge in [-0.3, -0.25) is 9.59 Å². The standard InChI is InChI=1S/C13H21NO3/c15-12(8-10-4-2-1-3-5-10)14-7-6-11(9-14)13(16)17/h10-11H,1-9H2,(H,16,17)/t11-/m0/s1. The highest BCUT2D eigenvalue weighted by molar-refractivity contribution is 5.78. The summed E-state index contributed by atoms with van der Waals surface area (Å²) in [6, 6.07) is 0. The Balaban J connectivity index is 1.78. The Morgan fingerprint density at radius 2 is 1.82 bits per heavy atom. The summed E-state index contributed by atoms with van der Waals surface area (Å²) in [5, 5.41) is 8.90. The summed E-state index contributed by atoms with van der Waals surface area (Å²) in [5.41, 5.74) is 0. The van der Waals surface area contributed by atoms with E-state index < -0.39 is 5.97 Å². The van der Waals surface area contributed by atoms with Crippen molar-refractivity contribution in [2.75, 3.05) is 13.1 Å². The number of carboxylic acid groups (broad SMARTS) is 1. The number of aliphatic carboxylic acids is 1. The van der Waals surface area contributed by atoms with Crippen LogP contribution in [0.4, 0.5) is 0 Å². The van der Waals surface area contributed by atoms with Crippen molar-refractivity contribution in [1.82, 2.24) is 4.90 Å². The second kappa shape index (κ2) is 5.52. The molecule has 1 atom stereocenters. The molecule has 4 heteroatoms. The van der Waals surface area contributed by atoms with Gasteiger partial charge in [0.1, 0.15) is 0 Å². The lowest BCUT2D eigenvalue weighted by Gasteiger charge is -2.24. The first-order chi connectivity index (χ1) is 8.16. The average molecular weight is 239 g/mol. The van der Waals surface area contributed by atoms with Crippen LogP contribution in [0, 0.1) is 11.8 Å². The Hall–Kier alpha value is -1.06. The van der Waals surface area contributed by atoms with Crippen LogP contribution in [0.2, 0.25) is 0 Å². The second-order valence-electron chi connectivity index (χ2n) is 5.37. The summed E-state index contributed by atoms with van der Waals surface area (Å²) >= 11 is 0. The number of carbonyl (C=O) groups is 2. The van der Waals surface area contributed by atoms with Crippen LogP contribution in [0.15, 0.2) is 0 Å². The van der Waals surface area contributed by atoms with Gasteiger partial charge in [-0.25, -0.2) is 0 Å². The molecular formula is C13H21NO3. The minimum absolute atomic E-state index is 0.167. The maximum atomic E-state index is 12.0. The van der Waals surface area contributed by atoms with Gasteiger partial charge in [0.2, 0.25) is 5.91 Å². The zero-order chi connectivity index (χ0) is 12.3. The molecule has 96 valence electrons. The summed E-state index contributed by atoms with van der Waals surface area (Å²) in [7, 11) is 0. The lowest BCUT2D eigenvalue weighted by molar-refractivity contribution is -0.141. The van der Waals surface area contributed by atoms with Gasteiger partial charge in [-0.15, -0.1) is 0 Å². The van der Waals surface area contributed by atoms with Crippen LogP contribution in [-0.2, 0) is 9.59 Å². The fraction of sp³-hybridized carbons (Fsp3) is 0.846. The lowest BCUT2D eigenvalue weighted by atomic mass is 9.87. The molecule has 0 spiro atoms. The maximum Gasteiger partial charge on any atom is 0.308 e. The molecule has 0 bridgehead atoms. The molecular weight excluding hydrogens is 218 g/mol. The molecule has 4 nitrogen and oxygen atoms in total. The second-order valence-corrected chi connectivity index (χ2v) is 5.37. The van der Waals surface area contributed by atoms with Gasteiger partial charge in [0.15, 0.2) is 0 Å². The van der Waals surface area contributed by atoms with E-state index in [-0.39, 0.29) is 11.8 Å². The van der Waals surface area contributed by atoms with E-state index in [1.54, 1.807) is 4.90 Å². The summed E-state index contributed by atoms with van der Waals surface area (Å²) in [5.74, 6) is -0.399. The predicted molar refractivity (Wildman–Crippen MR) is 63.5 cm³/mol. The van der Waals surface area contributed by atoms with Gasteiger partial charge in [-0.1, -0.05) is 19.3 Å². The van der Waals surface area contributed by atoms with Crippen LogP contribution < -0.4 is 0 Å². The number of carboxylic acids is 1. The number of carbonyl (C=O) groups excluding carboxylic acids is 1. The van der Waals surface area contributed by atoms with Crippen molar-refractivity contribution in [1.29, 1.82) is 0 Å². The van der Waals surface area contributed by atoms with Gasteiger partial charge in [0, 0.05) is 19.5 Å². The summed E-state index contributed by atoms with van der Waals surface area (Å²) in [4.78, 5) is 24.6. The predicted octanol–water partition coefficient (Wildman–Crippen LogP) is 1.89. The van der Waals surface area contributed by atoms with Gasteiger partial charge < -0.3 is 10.0 Å². The van der Waals surface area contributed by atoms with Crippen molar-refractivity contribution in [2.24, 2.45) is 11.8 Å². The van der Waals surface area contributed by atoms with Gasteiger partial charge in [-0.05, 0) is 25.2 Å². The maximum absolute atomic E-state index is 12.0. The topological polar surface area (TPSA) is 57.6 Å². The lowest BCUT2D eigenvalue weighted by Crippen LogP contribution is -2.31. The van der Waals surface area contributed by atoms with Crippen LogP contribution >= 0.6 is 0 Å². The molecule has 0 aromatic heterocycles. The van der Waals surface area contributed by atoms with Gasteiger partial charge in [0.05, 0.1) is 5.92 Å². The molecule has 1 saturated carbocycles. The number of likely N-dealkylation sites (tertiary alicyclic amines) is 1. The smallest absolute Gasteiger partial charge is 0.308 e. The molecule has 1 N–H and O–H groups in total. The summed E-state index contributed by atoms with van der Waals surface area (Å²) < 4.78 is 0. The third-order valence-electron chi connectivity index (χ3n) is 4.08. The molecule has 2 fully saturated rings. The van der Waals surface area contributed by atoms with Crippen molar-refractivity contribution in [3.05, 3.63) is 0 Å². The number of amides is 1. The van der Waals surface area contributed by atoms with E-state index in [9.17, 15) is 9.59 Å². The number of hydrogen-bond acceptors (Lipinski definition) is 2. The van der Waals surface area contributed by atoms with E-state index in [1.807, 2.05) is 0 Å². The monoisotopic (exact) mass is 239 g/mol. The third-order valence-corrected chi connectivity index (χ3v) is 4.08. The largest absolute Gasteiger partial charge is 0.481 e. The van der Waals surface area contributed by atoms with Crippen molar-refractivity contribution >= 4 is 11.9 Å². The fourth-order valence-corrected chi connectivity index (χ4v) is 2.96. The van der Waals surface area contributed by atoms with Crippen molar-refractivity contribution < 1.29 is 14.7 Å². The quantitative estimate of drug-likeness (QED) is 0.818. The molecule has 1 amide bonds. The Labute approximate surface area is 102 Å². The highest BCUT2D eigenvalue weighted by atomic mass is 16.4. The van der Waals surface area contributed by atoms with Gasteiger partial charge in [0.25, 0.3) is 0 Å². The molecule has 0 radical (unpaired) electrons. The Bertz CT molecular complexity index is 297. The third kappa shape index (κ3) is 3.20. The van der Waals surface area contributed by atoms with Crippen molar-refractivity contribution in [2.45, 2.75) is 44.9 Å². The minimum atomic E-state index is -0.766. The molecule has 1 saturated heterocycles. The van der Waals surface area contributed by atoms with E-state index in [2.05, 4.69) is 0 Å². The molecule has 1 aliphatic heterocycles. The van der Waals surface area contributed by atoms with Gasteiger partial charge >= 0.3 is 5.97 Å². The zero-order valence-electron chi connectivity index (χ0n) is 10.2. The molecule has 1 aliphatic carbocycles. The van der Waals surface area contributed by atoms with Crippen LogP contribution in [0.3, 0.4) is 0 Å². The number of nitrogens with zero attached hydrogens (tertiary/aromatic N) is 1. The van der Waals surface area contributed by atoms with E-state index in [0.29, 0.717) is 31.8 Å². The van der Waals surface area contributed by atoms with Crippen molar-refractivity contribution in [3.8, 4) is 0 Å². The minimum Gasteiger partial charge on any atom is -0.481 e. The van der Waals surface area contributed by atoms with E-state index in [0.717, 1.165) is 0 Å². The SMILES string of the molecule is O=C(O)[C@H]1CCN(C(=O)CC2CCCCC2)C1.